The van der Waals surface area contributed by atoms with E-state index >= 15 is 0 Å². The molecule has 0 aliphatic rings. The molecule has 4 aromatic rings. The van der Waals surface area contributed by atoms with Crippen molar-refractivity contribution in [3.8, 4) is 34.1 Å². The number of nitrogens with one attached hydrogen (secondary N) is 2. The molecule has 36 heavy (non-hydrogen) atoms. The van der Waals surface area contributed by atoms with E-state index in [1.54, 1.807) is 42.6 Å². The normalized spacial score (nSPS) is 11.2. The fourth-order valence-electron chi connectivity index (χ4n) is 3.52. The number of nitrogen functional groups attached to an aromatic ring is 1. The lowest BCUT2D eigenvalue weighted by Crippen LogP contribution is -2.36. The minimum absolute atomic E-state index is 0. The number of rotatable bonds is 9. The number of H-pyrrole nitrogens is 1. The minimum atomic E-state index is -0.361. The zero-order chi connectivity index (χ0) is 25.0. The summed E-state index contributed by atoms with van der Waals surface area (Å²) in [7, 11) is 0. The van der Waals surface area contributed by atoms with E-state index < -0.39 is 0 Å². The number of anilines is 1. The van der Waals surface area contributed by atoms with Crippen LogP contribution in [0.3, 0.4) is 0 Å². The number of hydrogen-bond donors (Lipinski definition) is 4. The van der Waals surface area contributed by atoms with Gasteiger partial charge in [-0.3, -0.25) is 0 Å². The van der Waals surface area contributed by atoms with E-state index in [2.05, 4.69) is 34.1 Å². The zero-order valence-corrected chi connectivity index (χ0v) is 22.1. The third-order valence-electron chi connectivity index (χ3n) is 5.42. The number of phenolic OH excluding ortho intramolecular Hbond substituents is 1. The summed E-state index contributed by atoms with van der Waals surface area (Å²) in [6, 6.07) is 14.0. The summed E-state index contributed by atoms with van der Waals surface area (Å²) in [6.45, 7) is 5.97. The average Bonchev–Trinajstić information content (AvgIpc) is 3.28. The van der Waals surface area contributed by atoms with Gasteiger partial charge in [0.05, 0.1) is 22.1 Å². The molecular formula is C25H27Cl3N6O2. The Labute approximate surface area is 225 Å². The number of hydrogen-bond acceptors (Lipinski definition) is 7. The van der Waals surface area contributed by atoms with Crippen molar-refractivity contribution in [3.63, 3.8) is 0 Å². The van der Waals surface area contributed by atoms with E-state index in [0.29, 0.717) is 47.4 Å². The number of aromatic hydroxyl groups is 1. The van der Waals surface area contributed by atoms with Crippen LogP contribution in [0.15, 0.2) is 54.7 Å². The monoisotopic (exact) mass is 548 g/mol. The summed E-state index contributed by atoms with van der Waals surface area (Å²) < 4.78 is 5.75. The highest BCUT2D eigenvalue weighted by Crippen LogP contribution is 2.36. The Morgan fingerprint density at radius 2 is 1.83 bits per heavy atom. The predicted octanol–water partition coefficient (Wildman–Crippen LogP) is 5.50. The number of imidazole rings is 1. The van der Waals surface area contributed by atoms with E-state index in [1.807, 2.05) is 12.1 Å². The lowest BCUT2D eigenvalue weighted by Gasteiger charge is -2.22. The number of nitrogens with two attached hydrogens (primary N) is 1. The Morgan fingerprint density at radius 1 is 1.08 bits per heavy atom. The quantitative estimate of drug-likeness (QED) is 0.203. The molecule has 0 atom stereocenters. The molecule has 5 N–H and O–H groups in total. The van der Waals surface area contributed by atoms with Gasteiger partial charge in [-0.1, -0.05) is 43.1 Å². The zero-order valence-electron chi connectivity index (χ0n) is 19.8. The Bertz CT molecular complexity index is 1310. The number of aromatic nitrogens is 4. The van der Waals surface area contributed by atoms with Crippen LogP contribution in [0.5, 0.6) is 11.5 Å². The molecule has 0 saturated carbocycles. The molecule has 0 radical (unpaired) electrons. The molecule has 0 unspecified atom stereocenters. The van der Waals surface area contributed by atoms with Crippen molar-refractivity contribution in [2.45, 2.75) is 19.3 Å². The second kappa shape index (κ2) is 11.8. The number of ether oxygens (including phenoxy) is 1. The molecule has 0 bridgehead atoms. The van der Waals surface area contributed by atoms with Crippen LogP contribution in [0.4, 0.5) is 5.95 Å². The van der Waals surface area contributed by atoms with Crippen LogP contribution >= 0.6 is 35.6 Å². The summed E-state index contributed by atoms with van der Waals surface area (Å²) in [5.41, 5.74) is 8.06. The molecule has 0 amide bonds. The Hall–Kier alpha value is -3.04. The maximum atomic E-state index is 10.2. The van der Waals surface area contributed by atoms with Crippen molar-refractivity contribution in [2.75, 3.05) is 25.4 Å². The van der Waals surface area contributed by atoms with Crippen LogP contribution in [0, 0.1) is 0 Å². The smallest absolute Gasteiger partial charge is 0.220 e. The van der Waals surface area contributed by atoms with Gasteiger partial charge in [-0.2, -0.15) is 0 Å². The van der Waals surface area contributed by atoms with Gasteiger partial charge in [-0.15, -0.1) is 12.4 Å². The highest BCUT2D eigenvalue weighted by atomic mass is 35.5. The number of nitrogens with zero attached hydrogens (tertiary/aromatic N) is 3. The second-order valence-corrected chi connectivity index (χ2v) is 9.48. The van der Waals surface area contributed by atoms with Crippen molar-refractivity contribution in [3.05, 3.63) is 70.6 Å². The fourth-order valence-corrected chi connectivity index (χ4v) is 3.76. The molecule has 8 nitrogen and oxygen atoms in total. The summed E-state index contributed by atoms with van der Waals surface area (Å²) in [4.78, 5) is 16.6. The van der Waals surface area contributed by atoms with Crippen LogP contribution in [0.25, 0.3) is 22.6 Å². The molecule has 190 valence electrons. The second-order valence-electron chi connectivity index (χ2n) is 8.64. The van der Waals surface area contributed by atoms with Crippen LogP contribution in [0.1, 0.15) is 19.7 Å². The fraction of sp³-hybridized carbons (Fsp3) is 0.240. The van der Waals surface area contributed by atoms with Crippen molar-refractivity contribution < 1.29 is 9.84 Å². The highest BCUT2D eigenvalue weighted by Gasteiger charge is 2.27. The van der Waals surface area contributed by atoms with Gasteiger partial charge in [-0.05, 0) is 42.5 Å². The molecule has 0 fully saturated rings. The third kappa shape index (κ3) is 6.59. The topological polar surface area (TPSA) is 122 Å². The molecule has 0 aliphatic carbocycles. The molecule has 11 heteroatoms. The predicted molar refractivity (Wildman–Crippen MR) is 146 cm³/mol. The van der Waals surface area contributed by atoms with E-state index in [-0.39, 0.29) is 34.5 Å². The van der Waals surface area contributed by atoms with Gasteiger partial charge in [0, 0.05) is 35.3 Å². The Kier molecular flexibility index (Phi) is 9.03. The van der Waals surface area contributed by atoms with Gasteiger partial charge >= 0.3 is 0 Å². The molecule has 0 aliphatic heterocycles. The lowest BCUT2D eigenvalue weighted by molar-refractivity contribution is 0.306. The third-order valence-corrected chi connectivity index (χ3v) is 5.99. The van der Waals surface area contributed by atoms with E-state index in [9.17, 15) is 5.11 Å². The molecule has 4 rings (SSSR count). The Balaban J connectivity index is 0.00000361. The SMILES string of the molecule is CC(C)(CNCCOc1ccc(Cl)cc1)c1nc(-c2ccc(Cl)c(O)c2)c(-c2ccnc(N)n2)[nH]1.Cl. The van der Waals surface area contributed by atoms with Crippen LogP contribution in [-0.4, -0.2) is 44.7 Å². The lowest BCUT2D eigenvalue weighted by atomic mass is 9.92. The minimum Gasteiger partial charge on any atom is -0.506 e. The standard InChI is InChI=1S/C25H26Cl2N6O2.ClH/c1-25(2,14-29-11-12-35-17-6-4-16(26)5-7-17)23-32-21(15-3-8-18(27)20(34)13-15)22(33-23)19-9-10-30-24(28)31-19;/h3-10,13,29,34H,11-12,14H2,1-2H3,(H,32,33)(H2,28,30,31);1H. The van der Waals surface area contributed by atoms with Crippen molar-refractivity contribution >= 4 is 41.6 Å². The first kappa shape index (κ1) is 27.5. The summed E-state index contributed by atoms with van der Waals surface area (Å²) in [5, 5.41) is 14.5. The van der Waals surface area contributed by atoms with Crippen molar-refractivity contribution in [2.24, 2.45) is 0 Å². The van der Waals surface area contributed by atoms with E-state index in [4.69, 9.17) is 38.7 Å². The van der Waals surface area contributed by atoms with E-state index in [0.717, 1.165) is 11.6 Å². The molecule has 2 heterocycles. The van der Waals surface area contributed by atoms with Gasteiger partial charge in [-0.25, -0.2) is 15.0 Å². The molecule has 0 spiro atoms. The maximum absolute atomic E-state index is 10.2. The number of halogens is 3. The van der Waals surface area contributed by atoms with Crippen LogP contribution < -0.4 is 15.8 Å². The first-order valence-electron chi connectivity index (χ1n) is 11.0. The molecule has 2 aromatic carbocycles. The molecule has 2 aromatic heterocycles. The summed E-state index contributed by atoms with van der Waals surface area (Å²) >= 11 is 11.9. The Morgan fingerprint density at radius 3 is 2.53 bits per heavy atom. The molecule has 0 saturated heterocycles. The maximum Gasteiger partial charge on any atom is 0.220 e. The van der Waals surface area contributed by atoms with Gasteiger partial charge < -0.3 is 25.9 Å². The van der Waals surface area contributed by atoms with Crippen LogP contribution in [0.2, 0.25) is 10.0 Å². The first-order valence-corrected chi connectivity index (χ1v) is 11.8. The van der Waals surface area contributed by atoms with Gasteiger partial charge in [0.25, 0.3) is 0 Å². The summed E-state index contributed by atoms with van der Waals surface area (Å²) in [5.74, 6) is 1.65. The average molecular weight is 550 g/mol. The van der Waals surface area contributed by atoms with Crippen molar-refractivity contribution in [1.29, 1.82) is 0 Å². The van der Waals surface area contributed by atoms with Crippen molar-refractivity contribution in [1.82, 2.24) is 25.3 Å². The number of benzene rings is 2. The van der Waals surface area contributed by atoms with E-state index in [1.165, 1.54) is 0 Å². The van der Waals surface area contributed by atoms with Gasteiger partial charge in [0.15, 0.2) is 0 Å². The van der Waals surface area contributed by atoms with Crippen LogP contribution in [-0.2, 0) is 5.41 Å². The number of aromatic amines is 1. The van der Waals surface area contributed by atoms with Gasteiger partial charge in [0.1, 0.15) is 23.9 Å². The number of phenols is 1. The largest absolute Gasteiger partial charge is 0.506 e. The summed E-state index contributed by atoms with van der Waals surface area (Å²) in [6.07, 6.45) is 1.59. The molecular weight excluding hydrogens is 523 g/mol. The first-order chi connectivity index (χ1) is 16.7. The highest BCUT2D eigenvalue weighted by molar-refractivity contribution is 6.32. The van der Waals surface area contributed by atoms with Gasteiger partial charge in [0.2, 0.25) is 5.95 Å².